The zero-order chi connectivity index (χ0) is 12.3. The minimum absolute atomic E-state index is 0.211. The van der Waals surface area contributed by atoms with Gasteiger partial charge in [-0.3, -0.25) is 4.79 Å². The van der Waals surface area contributed by atoms with Crippen molar-refractivity contribution in [2.45, 2.75) is 45.1 Å². The fourth-order valence-corrected chi connectivity index (χ4v) is 3.06. The second-order valence-corrected chi connectivity index (χ2v) is 6.13. The standard InChI is InChI=1S/C13H24N2OS/c1-11(9-15-6-2-3-7-15)14-12(16)8-13(10-17)4-5-13/h11,17H,2-10H2,1H3,(H,14,16). The molecule has 0 spiro atoms. The molecule has 1 N–H and O–H groups in total. The van der Waals surface area contributed by atoms with Gasteiger partial charge in [-0.05, 0) is 56.9 Å². The van der Waals surface area contributed by atoms with E-state index >= 15 is 0 Å². The highest BCUT2D eigenvalue weighted by Gasteiger charge is 2.42. The highest BCUT2D eigenvalue weighted by atomic mass is 32.1. The molecule has 0 aromatic carbocycles. The van der Waals surface area contributed by atoms with E-state index in [1.165, 1.54) is 38.8 Å². The first-order chi connectivity index (χ1) is 8.13. The van der Waals surface area contributed by atoms with Crippen LogP contribution >= 0.6 is 12.6 Å². The molecule has 1 heterocycles. The third-order valence-corrected chi connectivity index (χ3v) is 4.64. The predicted octanol–water partition coefficient (Wildman–Crippen LogP) is 1.69. The van der Waals surface area contributed by atoms with Crippen LogP contribution in [0.25, 0.3) is 0 Å². The van der Waals surface area contributed by atoms with Gasteiger partial charge in [-0.1, -0.05) is 0 Å². The van der Waals surface area contributed by atoms with E-state index in [1.807, 2.05) is 0 Å². The van der Waals surface area contributed by atoms with Crippen molar-refractivity contribution in [2.75, 3.05) is 25.4 Å². The van der Waals surface area contributed by atoms with Crippen molar-refractivity contribution in [2.24, 2.45) is 5.41 Å². The van der Waals surface area contributed by atoms with Gasteiger partial charge >= 0.3 is 0 Å². The summed E-state index contributed by atoms with van der Waals surface area (Å²) in [6.07, 6.45) is 5.63. The van der Waals surface area contributed by atoms with E-state index in [0.717, 1.165) is 12.3 Å². The molecule has 4 heteroatoms. The molecular weight excluding hydrogens is 232 g/mol. The number of carbonyl (C=O) groups is 1. The van der Waals surface area contributed by atoms with E-state index in [-0.39, 0.29) is 17.4 Å². The fourth-order valence-electron chi connectivity index (χ4n) is 2.63. The Hall–Kier alpha value is -0.220. The Morgan fingerprint density at radius 3 is 2.59 bits per heavy atom. The molecule has 0 aromatic heterocycles. The van der Waals surface area contributed by atoms with Crippen LogP contribution in [0.3, 0.4) is 0 Å². The number of nitrogens with zero attached hydrogens (tertiary/aromatic N) is 1. The SMILES string of the molecule is CC(CN1CCCC1)NC(=O)CC1(CS)CC1. The molecule has 2 rings (SSSR count). The molecule has 1 saturated heterocycles. The molecule has 2 aliphatic rings. The third kappa shape index (κ3) is 3.88. The predicted molar refractivity (Wildman–Crippen MR) is 73.4 cm³/mol. The lowest BCUT2D eigenvalue weighted by Gasteiger charge is -2.22. The second-order valence-electron chi connectivity index (χ2n) is 5.81. The summed E-state index contributed by atoms with van der Waals surface area (Å²) >= 11 is 4.33. The summed E-state index contributed by atoms with van der Waals surface area (Å²) in [6, 6.07) is 0.274. The highest BCUT2D eigenvalue weighted by molar-refractivity contribution is 7.80. The number of thiol groups is 1. The number of amides is 1. The lowest BCUT2D eigenvalue weighted by Crippen LogP contribution is -2.41. The summed E-state index contributed by atoms with van der Waals surface area (Å²) in [5, 5.41) is 3.12. The first kappa shape index (κ1) is 13.2. The molecule has 0 radical (unpaired) electrons. The average molecular weight is 256 g/mol. The monoisotopic (exact) mass is 256 g/mol. The Morgan fingerprint density at radius 2 is 2.06 bits per heavy atom. The molecule has 1 aliphatic heterocycles. The molecule has 2 fully saturated rings. The number of carbonyl (C=O) groups excluding carboxylic acids is 1. The summed E-state index contributed by atoms with van der Waals surface area (Å²) < 4.78 is 0. The van der Waals surface area contributed by atoms with Crippen LogP contribution in [-0.4, -0.2) is 42.2 Å². The molecule has 0 aromatic rings. The maximum atomic E-state index is 11.9. The third-order valence-electron chi connectivity index (χ3n) is 3.97. The second kappa shape index (κ2) is 5.61. The molecule has 1 saturated carbocycles. The number of rotatable bonds is 6. The lowest BCUT2D eigenvalue weighted by molar-refractivity contribution is -0.122. The minimum Gasteiger partial charge on any atom is -0.352 e. The van der Waals surface area contributed by atoms with Crippen LogP contribution in [-0.2, 0) is 4.79 Å². The van der Waals surface area contributed by atoms with Crippen molar-refractivity contribution in [3.05, 3.63) is 0 Å². The summed E-state index contributed by atoms with van der Waals surface area (Å²) in [5.41, 5.74) is 0.237. The van der Waals surface area contributed by atoms with Crippen molar-refractivity contribution in [1.82, 2.24) is 10.2 Å². The van der Waals surface area contributed by atoms with Crippen molar-refractivity contribution < 1.29 is 4.79 Å². The molecule has 3 nitrogen and oxygen atoms in total. The first-order valence-corrected chi connectivity index (χ1v) is 7.39. The largest absolute Gasteiger partial charge is 0.352 e. The van der Waals surface area contributed by atoms with E-state index in [0.29, 0.717) is 6.42 Å². The number of nitrogens with one attached hydrogen (secondary N) is 1. The minimum atomic E-state index is 0.211. The normalized spacial score (nSPS) is 24.6. The van der Waals surface area contributed by atoms with Gasteiger partial charge in [0.25, 0.3) is 0 Å². The fraction of sp³-hybridized carbons (Fsp3) is 0.923. The summed E-state index contributed by atoms with van der Waals surface area (Å²) in [4.78, 5) is 14.3. The van der Waals surface area contributed by atoms with Gasteiger partial charge in [0.2, 0.25) is 5.91 Å². The van der Waals surface area contributed by atoms with Gasteiger partial charge in [0.05, 0.1) is 0 Å². The molecule has 1 amide bonds. The van der Waals surface area contributed by atoms with Crippen molar-refractivity contribution in [3.8, 4) is 0 Å². The van der Waals surface area contributed by atoms with Crippen molar-refractivity contribution >= 4 is 18.5 Å². The van der Waals surface area contributed by atoms with Crippen LogP contribution in [0, 0.1) is 5.41 Å². The Balaban J connectivity index is 1.67. The molecule has 1 aliphatic carbocycles. The molecule has 1 atom stereocenters. The summed E-state index contributed by atoms with van der Waals surface area (Å²) in [6.45, 7) is 5.50. The van der Waals surface area contributed by atoms with Gasteiger partial charge in [-0.25, -0.2) is 0 Å². The molecule has 0 bridgehead atoms. The Kier molecular flexibility index (Phi) is 4.36. The van der Waals surface area contributed by atoms with Gasteiger partial charge < -0.3 is 10.2 Å². The van der Waals surface area contributed by atoms with Crippen LogP contribution in [0.2, 0.25) is 0 Å². The van der Waals surface area contributed by atoms with E-state index in [2.05, 4.69) is 29.8 Å². The Bertz CT molecular complexity index is 273. The van der Waals surface area contributed by atoms with E-state index in [1.54, 1.807) is 0 Å². The van der Waals surface area contributed by atoms with Crippen LogP contribution < -0.4 is 5.32 Å². The maximum absolute atomic E-state index is 11.9. The number of hydrogen-bond donors (Lipinski definition) is 2. The lowest BCUT2D eigenvalue weighted by atomic mass is 10.0. The quantitative estimate of drug-likeness (QED) is 0.709. The summed E-state index contributed by atoms with van der Waals surface area (Å²) in [7, 11) is 0. The average Bonchev–Trinajstić information content (AvgIpc) is 2.85. The van der Waals surface area contributed by atoms with Crippen LogP contribution in [0.4, 0.5) is 0 Å². The molecule has 17 heavy (non-hydrogen) atoms. The number of likely N-dealkylation sites (tertiary alicyclic amines) is 1. The number of hydrogen-bond acceptors (Lipinski definition) is 3. The Labute approximate surface area is 110 Å². The first-order valence-electron chi connectivity index (χ1n) is 6.76. The maximum Gasteiger partial charge on any atom is 0.220 e. The molecular formula is C13H24N2OS. The van der Waals surface area contributed by atoms with Crippen LogP contribution in [0.15, 0.2) is 0 Å². The molecule has 1 unspecified atom stereocenters. The van der Waals surface area contributed by atoms with Gasteiger partial charge in [0, 0.05) is 19.0 Å². The van der Waals surface area contributed by atoms with Crippen LogP contribution in [0.5, 0.6) is 0 Å². The van der Waals surface area contributed by atoms with E-state index in [9.17, 15) is 4.79 Å². The Morgan fingerprint density at radius 1 is 1.41 bits per heavy atom. The van der Waals surface area contributed by atoms with Gasteiger partial charge in [0.1, 0.15) is 0 Å². The smallest absolute Gasteiger partial charge is 0.220 e. The van der Waals surface area contributed by atoms with Crippen molar-refractivity contribution in [3.63, 3.8) is 0 Å². The summed E-state index contributed by atoms with van der Waals surface area (Å²) in [5.74, 6) is 1.06. The highest BCUT2D eigenvalue weighted by Crippen LogP contribution is 2.49. The zero-order valence-electron chi connectivity index (χ0n) is 10.7. The van der Waals surface area contributed by atoms with Gasteiger partial charge in [0.15, 0.2) is 0 Å². The molecule has 98 valence electrons. The van der Waals surface area contributed by atoms with E-state index < -0.39 is 0 Å². The van der Waals surface area contributed by atoms with Crippen molar-refractivity contribution in [1.29, 1.82) is 0 Å². The van der Waals surface area contributed by atoms with E-state index in [4.69, 9.17) is 0 Å². The topological polar surface area (TPSA) is 32.3 Å². The van der Waals surface area contributed by atoms with Gasteiger partial charge in [-0.2, -0.15) is 12.6 Å². The zero-order valence-corrected chi connectivity index (χ0v) is 11.6. The van der Waals surface area contributed by atoms with Gasteiger partial charge in [-0.15, -0.1) is 0 Å². The van der Waals surface area contributed by atoms with Crippen LogP contribution in [0.1, 0.15) is 39.0 Å².